The summed E-state index contributed by atoms with van der Waals surface area (Å²) in [6, 6.07) is 11.2. The Morgan fingerprint density at radius 1 is 1.15 bits per heavy atom. The fourth-order valence-corrected chi connectivity index (χ4v) is 4.51. The second-order valence-corrected chi connectivity index (χ2v) is 8.42. The Kier molecular flexibility index (Phi) is 7.06. The third-order valence-electron chi connectivity index (χ3n) is 5.33. The van der Waals surface area contributed by atoms with Crippen LogP contribution >= 0.6 is 11.8 Å². The minimum absolute atomic E-state index is 0.247. The van der Waals surface area contributed by atoms with Gasteiger partial charge in [0.2, 0.25) is 11.1 Å². The maximum atomic E-state index is 13.2. The fourth-order valence-electron chi connectivity index (χ4n) is 3.73. The van der Waals surface area contributed by atoms with Gasteiger partial charge in [-0.15, -0.1) is 5.10 Å². The first kappa shape index (κ1) is 23.6. The number of allylic oxidation sites excluding steroid dienone is 1. The largest absolute Gasteiger partial charge is 0.493 e. The number of halogens is 1. The van der Waals surface area contributed by atoms with Crippen molar-refractivity contribution >= 4 is 23.7 Å². The molecule has 0 bridgehead atoms. The Labute approximate surface area is 201 Å². The number of hydrogen-bond acceptors (Lipinski definition) is 8. The highest BCUT2D eigenvalue weighted by Crippen LogP contribution is 2.39. The molecule has 2 aromatic carbocycles. The first-order valence-corrected chi connectivity index (χ1v) is 11.6. The number of aromatic nitrogens is 3. The van der Waals surface area contributed by atoms with Gasteiger partial charge >= 0.3 is 5.97 Å². The molecule has 1 aliphatic heterocycles. The Bertz CT molecular complexity index is 1230. The van der Waals surface area contributed by atoms with E-state index in [1.54, 1.807) is 44.0 Å². The molecule has 0 saturated heterocycles. The third kappa shape index (κ3) is 4.72. The van der Waals surface area contributed by atoms with Gasteiger partial charge < -0.3 is 19.5 Å². The van der Waals surface area contributed by atoms with Crippen LogP contribution in [0.2, 0.25) is 0 Å². The number of ether oxygens (including phenoxy) is 3. The highest BCUT2D eigenvalue weighted by molar-refractivity contribution is 7.98. The van der Waals surface area contributed by atoms with Crippen molar-refractivity contribution < 1.29 is 23.4 Å². The van der Waals surface area contributed by atoms with E-state index in [9.17, 15) is 9.18 Å². The molecule has 10 heteroatoms. The molecular weight excluding hydrogens is 459 g/mol. The molecule has 0 aliphatic carbocycles. The van der Waals surface area contributed by atoms with Gasteiger partial charge in [-0.05, 0) is 49.2 Å². The average Bonchev–Trinajstić information content (AvgIpc) is 3.24. The number of fused-ring (bicyclic) bond motifs is 1. The van der Waals surface area contributed by atoms with Gasteiger partial charge in [-0.1, -0.05) is 30.0 Å². The van der Waals surface area contributed by atoms with E-state index < -0.39 is 12.0 Å². The summed E-state index contributed by atoms with van der Waals surface area (Å²) >= 11 is 1.42. The summed E-state index contributed by atoms with van der Waals surface area (Å²) in [6.07, 6.45) is 0. The first-order valence-electron chi connectivity index (χ1n) is 10.7. The number of methoxy groups -OCH3 is 2. The van der Waals surface area contributed by atoms with E-state index in [2.05, 4.69) is 15.4 Å². The molecule has 8 nitrogen and oxygen atoms in total. The summed E-state index contributed by atoms with van der Waals surface area (Å²) in [5.74, 6) is 1.47. The van der Waals surface area contributed by atoms with E-state index in [1.807, 2.05) is 19.1 Å². The molecule has 0 spiro atoms. The Morgan fingerprint density at radius 3 is 2.56 bits per heavy atom. The van der Waals surface area contributed by atoms with Crippen LogP contribution in [0.15, 0.2) is 58.9 Å². The maximum absolute atomic E-state index is 13.2. The lowest BCUT2D eigenvalue weighted by molar-refractivity contribution is -0.139. The topological polar surface area (TPSA) is 87.5 Å². The number of esters is 1. The van der Waals surface area contributed by atoms with Crippen molar-refractivity contribution in [2.75, 3.05) is 26.1 Å². The van der Waals surface area contributed by atoms with Crippen molar-refractivity contribution in [1.82, 2.24) is 14.8 Å². The maximum Gasteiger partial charge on any atom is 0.338 e. The lowest BCUT2D eigenvalue weighted by Crippen LogP contribution is -2.29. The highest BCUT2D eigenvalue weighted by atomic mass is 32.2. The molecule has 1 aliphatic rings. The van der Waals surface area contributed by atoms with Crippen LogP contribution in [0.1, 0.15) is 31.0 Å². The lowest BCUT2D eigenvalue weighted by atomic mass is 9.95. The summed E-state index contributed by atoms with van der Waals surface area (Å²) in [4.78, 5) is 17.6. The van der Waals surface area contributed by atoms with E-state index in [0.717, 1.165) is 11.1 Å². The number of nitrogens with zero attached hydrogens (tertiary/aromatic N) is 3. The van der Waals surface area contributed by atoms with Crippen LogP contribution in [0.4, 0.5) is 10.3 Å². The quantitative estimate of drug-likeness (QED) is 0.367. The van der Waals surface area contributed by atoms with Crippen molar-refractivity contribution in [2.45, 2.75) is 30.8 Å². The predicted molar refractivity (Wildman–Crippen MR) is 127 cm³/mol. The number of benzene rings is 2. The van der Waals surface area contributed by atoms with Crippen LogP contribution in [-0.2, 0) is 15.3 Å². The second kappa shape index (κ2) is 10.2. The SMILES string of the molecule is CCOC(=O)C1=C(C)Nc2nc(SCc3ccc(F)cc3)nn2[C@H]1c1ccc(OC)c(OC)c1. The van der Waals surface area contributed by atoms with Crippen molar-refractivity contribution in [3.8, 4) is 11.5 Å². The zero-order valence-electron chi connectivity index (χ0n) is 19.3. The monoisotopic (exact) mass is 484 g/mol. The number of nitrogens with one attached hydrogen (secondary N) is 1. The number of rotatable bonds is 8. The molecule has 1 N–H and O–H groups in total. The van der Waals surface area contributed by atoms with Gasteiger partial charge in [0.25, 0.3) is 0 Å². The minimum atomic E-state index is -0.581. The molecule has 4 rings (SSSR count). The van der Waals surface area contributed by atoms with Crippen LogP contribution in [0, 0.1) is 5.82 Å². The van der Waals surface area contributed by atoms with Crippen molar-refractivity contribution in [3.63, 3.8) is 0 Å². The summed E-state index contributed by atoms with van der Waals surface area (Å²) in [5.41, 5.74) is 2.78. The normalized spacial score (nSPS) is 14.9. The van der Waals surface area contributed by atoms with E-state index in [4.69, 9.17) is 14.2 Å². The van der Waals surface area contributed by atoms with E-state index in [-0.39, 0.29) is 12.4 Å². The minimum Gasteiger partial charge on any atom is -0.493 e. The van der Waals surface area contributed by atoms with Gasteiger partial charge in [0.05, 0.1) is 26.4 Å². The molecule has 0 amide bonds. The standard InChI is InChI=1S/C24H25FN4O4S/c1-5-33-22(30)20-14(2)26-23-27-24(34-13-15-6-9-17(25)10-7-15)28-29(23)21(20)16-8-11-18(31-3)19(12-16)32-4/h6-12,21H,5,13H2,1-4H3,(H,26,27,28)/t21-/m0/s1. The number of carbonyl (C=O) groups is 1. The Balaban J connectivity index is 1.72. The van der Waals surface area contributed by atoms with Crippen molar-refractivity contribution in [2.24, 2.45) is 0 Å². The number of carbonyl (C=O) groups excluding carboxylic acids is 1. The Morgan fingerprint density at radius 2 is 1.88 bits per heavy atom. The molecular formula is C24H25FN4O4S. The van der Waals surface area contributed by atoms with Crippen LogP contribution in [-0.4, -0.2) is 41.6 Å². The molecule has 0 saturated carbocycles. The van der Waals surface area contributed by atoms with E-state index >= 15 is 0 Å². The lowest BCUT2D eigenvalue weighted by Gasteiger charge is -2.28. The molecule has 0 radical (unpaired) electrons. The van der Waals surface area contributed by atoms with E-state index in [1.165, 1.54) is 23.9 Å². The van der Waals surface area contributed by atoms with Gasteiger partial charge in [0.1, 0.15) is 11.9 Å². The molecule has 3 aromatic rings. The second-order valence-electron chi connectivity index (χ2n) is 7.48. The van der Waals surface area contributed by atoms with Crippen LogP contribution in [0.25, 0.3) is 0 Å². The summed E-state index contributed by atoms with van der Waals surface area (Å²) in [5, 5.41) is 8.38. The average molecular weight is 485 g/mol. The van der Waals surface area contributed by atoms with Crippen LogP contribution < -0.4 is 14.8 Å². The first-order chi connectivity index (χ1) is 16.4. The zero-order valence-corrected chi connectivity index (χ0v) is 20.1. The number of hydrogen-bond donors (Lipinski definition) is 1. The molecule has 1 aromatic heterocycles. The molecule has 0 fully saturated rings. The molecule has 2 heterocycles. The van der Waals surface area contributed by atoms with E-state index in [0.29, 0.717) is 39.6 Å². The molecule has 34 heavy (non-hydrogen) atoms. The van der Waals surface area contributed by atoms with Gasteiger partial charge in [0, 0.05) is 11.4 Å². The van der Waals surface area contributed by atoms with Crippen molar-refractivity contribution in [3.05, 3.63) is 70.7 Å². The molecule has 178 valence electrons. The third-order valence-corrected chi connectivity index (χ3v) is 6.24. The summed E-state index contributed by atoms with van der Waals surface area (Å²) in [7, 11) is 3.12. The predicted octanol–water partition coefficient (Wildman–Crippen LogP) is 4.58. The Hall–Kier alpha value is -3.53. The fraction of sp³-hybridized carbons (Fsp3) is 0.292. The number of thioether (sulfide) groups is 1. The van der Waals surface area contributed by atoms with Gasteiger partial charge in [0.15, 0.2) is 11.5 Å². The summed E-state index contributed by atoms with van der Waals surface area (Å²) < 4.78 is 31.1. The number of anilines is 1. The van der Waals surface area contributed by atoms with Gasteiger partial charge in [-0.3, -0.25) is 0 Å². The van der Waals surface area contributed by atoms with Crippen LogP contribution in [0.3, 0.4) is 0 Å². The molecule has 0 unspecified atom stereocenters. The van der Waals surface area contributed by atoms with Gasteiger partial charge in [-0.2, -0.15) is 4.98 Å². The highest BCUT2D eigenvalue weighted by Gasteiger charge is 2.35. The van der Waals surface area contributed by atoms with Crippen molar-refractivity contribution in [1.29, 1.82) is 0 Å². The zero-order chi connectivity index (χ0) is 24.2. The summed E-state index contributed by atoms with van der Waals surface area (Å²) in [6.45, 7) is 3.82. The molecule has 1 atom stereocenters. The van der Waals surface area contributed by atoms with Crippen LogP contribution in [0.5, 0.6) is 11.5 Å². The van der Waals surface area contributed by atoms with Gasteiger partial charge in [-0.25, -0.2) is 13.9 Å². The smallest absolute Gasteiger partial charge is 0.338 e.